The lowest BCUT2D eigenvalue weighted by molar-refractivity contribution is -0.0579. The van der Waals surface area contributed by atoms with Crippen LogP contribution in [0.3, 0.4) is 0 Å². The summed E-state index contributed by atoms with van der Waals surface area (Å²) in [5, 5.41) is 12.3. The first-order valence-corrected chi connectivity index (χ1v) is 11.0. The van der Waals surface area contributed by atoms with Crippen LogP contribution in [-0.4, -0.2) is 48.7 Å². The van der Waals surface area contributed by atoms with E-state index in [1.54, 1.807) is 13.1 Å². The fourth-order valence-electron chi connectivity index (χ4n) is 4.63. The first kappa shape index (κ1) is 21.9. The van der Waals surface area contributed by atoms with Crippen LogP contribution in [0.15, 0.2) is 42.6 Å². The molecular weight excluding hydrogens is 433 g/mol. The van der Waals surface area contributed by atoms with Crippen LogP contribution in [0.25, 0.3) is 10.9 Å². The number of benzene rings is 2. The second-order valence-corrected chi connectivity index (χ2v) is 8.63. The van der Waals surface area contributed by atoms with Gasteiger partial charge in [0.05, 0.1) is 42.2 Å². The third kappa shape index (κ3) is 4.22. The topological polar surface area (TPSA) is 59.5 Å². The van der Waals surface area contributed by atoms with Gasteiger partial charge in [0.25, 0.3) is 6.43 Å². The number of halogens is 3. The monoisotopic (exact) mass is 458 g/mol. The smallest absolute Gasteiger partial charge is 0.266 e. The van der Waals surface area contributed by atoms with Gasteiger partial charge < -0.3 is 19.7 Å². The molecule has 3 heterocycles. The minimum absolute atomic E-state index is 0.172. The van der Waals surface area contributed by atoms with Gasteiger partial charge in [-0.25, -0.2) is 13.2 Å². The van der Waals surface area contributed by atoms with Gasteiger partial charge in [0, 0.05) is 42.8 Å². The molecule has 1 N–H and O–H groups in total. The lowest BCUT2D eigenvalue weighted by Crippen LogP contribution is -2.52. The predicted octanol–water partition coefficient (Wildman–Crippen LogP) is 4.88. The molecule has 2 aromatic carbocycles. The van der Waals surface area contributed by atoms with Crippen molar-refractivity contribution in [2.75, 3.05) is 43.1 Å². The molecular formula is C24H25F3N4O2. The van der Waals surface area contributed by atoms with E-state index in [4.69, 9.17) is 9.47 Å². The number of fused-ring (bicyclic) bond motifs is 1. The highest BCUT2D eigenvalue weighted by Gasteiger charge is 2.40. The minimum Gasteiger partial charge on any atom is -0.378 e. The van der Waals surface area contributed by atoms with Crippen molar-refractivity contribution in [2.45, 2.75) is 31.4 Å². The van der Waals surface area contributed by atoms with E-state index in [9.17, 15) is 13.2 Å². The van der Waals surface area contributed by atoms with Gasteiger partial charge in [0.2, 0.25) is 0 Å². The molecule has 0 saturated carbocycles. The highest BCUT2D eigenvalue weighted by atomic mass is 19.3. The maximum Gasteiger partial charge on any atom is 0.266 e. The Kier molecular flexibility index (Phi) is 5.84. The lowest BCUT2D eigenvalue weighted by Gasteiger charge is -2.40. The van der Waals surface area contributed by atoms with Crippen molar-refractivity contribution in [3.8, 4) is 0 Å². The first-order chi connectivity index (χ1) is 16.0. The normalized spacial score (nSPS) is 21.8. The third-order valence-corrected chi connectivity index (χ3v) is 6.44. The highest BCUT2D eigenvalue weighted by molar-refractivity contribution is 5.93. The number of aromatic nitrogens is 2. The molecule has 6 nitrogen and oxygen atoms in total. The van der Waals surface area contributed by atoms with Gasteiger partial charge >= 0.3 is 0 Å². The number of hydrogen-bond donors (Lipinski definition) is 1. The summed E-state index contributed by atoms with van der Waals surface area (Å²) in [5.74, 6) is -0.892. The highest BCUT2D eigenvalue weighted by Crippen LogP contribution is 2.34. The average molecular weight is 458 g/mol. The number of rotatable bonds is 5. The number of nitrogens with one attached hydrogen (secondary N) is 1. The van der Waals surface area contributed by atoms with Crippen molar-refractivity contribution in [2.24, 2.45) is 0 Å². The molecule has 174 valence electrons. The Bertz CT molecular complexity index is 1150. The first-order valence-electron chi connectivity index (χ1n) is 11.0. The van der Waals surface area contributed by atoms with Gasteiger partial charge in [-0.05, 0) is 25.1 Å². The van der Waals surface area contributed by atoms with Crippen molar-refractivity contribution in [3.63, 3.8) is 0 Å². The molecule has 1 spiro atoms. The van der Waals surface area contributed by atoms with Gasteiger partial charge in [0.1, 0.15) is 11.4 Å². The Labute approximate surface area is 189 Å². The van der Waals surface area contributed by atoms with Crippen LogP contribution in [0.2, 0.25) is 0 Å². The number of nitrogens with zero attached hydrogens (tertiary/aromatic N) is 3. The van der Waals surface area contributed by atoms with Crippen LogP contribution in [0, 0.1) is 5.82 Å². The van der Waals surface area contributed by atoms with Crippen LogP contribution < -0.4 is 10.2 Å². The maximum absolute atomic E-state index is 14.7. The Hall–Kier alpha value is -2.91. The van der Waals surface area contributed by atoms with Crippen molar-refractivity contribution in [1.29, 1.82) is 0 Å². The molecule has 33 heavy (non-hydrogen) atoms. The zero-order valence-corrected chi connectivity index (χ0v) is 18.2. The number of anilines is 2. The summed E-state index contributed by atoms with van der Waals surface area (Å²) < 4.78 is 52.6. The molecule has 0 aliphatic carbocycles. The number of hydrogen-bond acceptors (Lipinski definition) is 6. The van der Waals surface area contributed by atoms with Crippen molar-refractivity contribution >= 4 is 22.3 Å². The van der Waals surface area contributed by atoms with Crippen LogP contribution in [0.1, 0.15) is 36.9 Å². The molecule has 5 rings (SSSR count). The fraction of sp³-hybridized carbons (Fsp3) is 0.417. The summed E-state index contributed by atoms with van der Waals surface area (Å²) in [5.41, 5.74) is 1.66. The molecule has 0 amide bonds. The van der Waals surface area contributed by atoms with E-state index < -0.39 is 23.8 Å². The maximum atomic E-state index is 14.7. The van der Waals surface area contributed by atoms with Crippen LogP contribution in [0.5, 0.6) is 0 Å². The van der Waals surface area contributed by atoms with E-state index in [0.717, 1.165) is 36.7 Å². The van der Waals surface area contributed by atoms with Gasteiger partial charge in [-0.3, -0.25) is 0 Å². The zero-order valence-electron chi connectivity index (χ0n) is 18.2. The van der Waals surface area contributed by atoms with Crippen molar-refractivity contribution < 1.29 is 22.6 Å². The standard InChI is InChI=1S/C24H25F3N4O2/c1-15(17-3-2-4-18(22(17)25)23(26)27)29-21-12-28-30-20-6-5-16(11-19(20)21)31-8-10-33-24(13-31)7-9-32-14-24/h2-6,11-12,15,23H,7-10,13-14H2,1H3,(H,29,30)/t15-,24?/m1/s1. The number of ether oxygens (including phenoxy) is 2. The number of alkyl halides is 2. The second kappa shape index (κ2) is 8.79. The third-order valence-electron chi connectivity index (χ3n) is 6.44. The van der Waals surface area contributed by atoms with E-state index in [1.165, 1.54) is 12.1 Å². The summed E-state index contributed by atoms with van der Waals surface area (Å²) in [6, 6.07) is 9.44. The Morgan fingerprint density at radius 2 is 2.00 bits per heavy atom. The molecule has 0 radical (unpaired) electrons. The predicted molar refractivity (Wildman–Crippen MR) is 119 cm³/mol. The van der Waals surface area contributed by atoms with Gasteiger partial charge in [-0.2, -0.15) is 10.2 Å². The molecule has 1 aromatic heterocycles. The summed E-state index contributed by atoms with van der Waals surface area (Å²) in [4.78, 5) is 2.27. The van der Waals surface area contributed by atoms with Gasteiger partial charge in [0.15, 0.2) is 0 Å². The molecule has 2 atom stereocenters. The Morgan fingerprint density at radius 1 is 1.15 bits per heavy atom. The van der Waals surface area contributed by atoms with Crippen LogP contribution in [-0.2, 0) is 9.47 Å². The van der Waals surface area contributed by atoms with Crippen molar-refractivity contribution in [3.05, 3.63) is 59.5 Å². The molecule has 9 heteroatoms. The molecule has 2 aliphatic heterocycles. The molecule has 2 aliphatic rings. The van der Waals surface area contributed by atoms with E-state index in [-0.39, 0.29) is 11.2 Å². The van der Waals surface area contributed by atoms with Crippen LogP contribution in [0.4, 0.5) is 24.5 Å². The molecule has 2 saturated heterocycles. The Balaban J connectivity index is 1.44. The minimum atomic E-state index is -2.87. The van der Waals surface area contributed by atoms with Crippen LogP contribution >= 0.6 is 0 Å². The van der Waals surface area contributed by atoms with E-state index in [2.05, 4.69) is 20.4 Å². The number of morpholine rings is 1. The van der Waals surface area contributed by atoms with Crippen molar-refractivity contribution in [1.82, 2.24) is 10.2 Å². The Morgan fingerprint density at radius 3 is 2.79 bits per heavy atom. The largest absolute Gasteiger partial charge is 0.378 e. The molecule has 3 aromatic rings. The summed E-state index contributed by atoms with van der Waals surface area (Å²) >= 11 is 0. The summed E-state index contributed by atoms with van der Waals surface area (Å²) in [6.07, 6.45) is -0.427. The lowest BCUT2D eigenvalue weighted by atomic mass is 10.00. The molecule has 1 unspecified atom stereocenters. The quantitative estimate of drug-likeness (QED) is 0.589. The fourth-order valence-corrected chi connectivity index (χ4v) is 4.63. The average Bonchev–Trinajstić information content (AvgIpc) is 3.26. The summed E-state index contributed by atoms with van der Waals surface area (Å²) in [6.45, 7) is 5.15. The summed E-state index contributed by atoms with van der Waals surface area (Å²) in [7, 11) is 0. The second-order valence-electron chi connectivity index (χ2n) is 8.63. The van der Waals surface area contributed by atoms with Gasteiger partial charge in [-0.1, -0.05) is 18.2 Å². The molecule has 0 bridgehead atoms. The van der Waals surface area contributed by atoms with Gasteiger partial charge in [-0.15, -0.1) is 0 Å². The van der Waals surface area contributed by atoms with E-state index >= 15 is 0 Å². The van der Waals surface area contributed by atoms with E-state index in [0.29, 0.717) is 31.0 Å². The zero-order chi connectivity index (χ0) is 23.0. The van der Waals surface area contributed by atoms with E-state index in [1.807, 2.05) is 18.2 Å². The molecule has 2 fully saturated rings. The SMILES string of the molecule is C[C@@H](Nc1cnnc2ccc(N3CCOC4(CCOC4)C3)cc12)c1cccc(C(F)F)c1F.